The van der Waals surface area contributed by atoms with Crippen LogP contribution in [0.2, 0.25) is 0 Å². The lowest BCUT2D eigenvalue weighted by atomic mass is 9.88. The zero-order valence-corrected chi connectivity index (χ0v) is 9.93. The fraction of sp³-hybridized carbons (Fsp3) is 0.571. The normalized spacial score (nSPS) is 30.5. The Morgan fingerprint density at radius 1 is 1.35 bits per heavy atom. The molecule has 1 aromatic heterocycles. The summed E-state index contributed by atoms with van der Waals surface area (Å²) >= 11 is 0. The number of fused-ring (bicyclic) bond motifs is 2. The molecule has 0 unspecified atom stereocenters. The Labute approximate surface area is 102 Å². The summed E-state index contributed by atoms with van der Waals surface area (Å²) in [6.07, 6.45) is 6.75. The maximum absolute atomic E-state index is 12.1. The lowest BCUT2D eigenvalue weighted by Gasteiger charge is -2.20. The lowest BCUT2D eigenvalue weighted by Crippen LogP contribution is -2.33. The number of amides is 1. The van der Waals surface area contributed by atoms with Gasteiger partial charge in [0.05, 0.1) is 12.2 Å². The molecule has 90 valence electrons. The molecular formula is C14H18N2O. The third-order valence-corrected chi connectivity index (χ3v) is 4.24. The minimum absolute atomic E-state index is 0.239. The van der Waals surface area contributed by atoms with Gasteiger partial charge in [0.25, 0.3) is 0 Å². The van der Waals surface area contributed by atoms with Crippen LogP contribution in [0.25, 0.3) is 0 Å². The minimum atomic E-state index is 0.239. The maximum atomic E-state index is 12.1. The molecule has 1 aromatic rings. The van der Waals surface area contributed by atoms with Crippen molar-refractivity contribution in [3.8, 4) is 0 Å². The molecule has 3 heteroatoms. The summed E-state index contributed by atoms with van der Waals surface area (Å²) in [4.78, 5) is 16.3. The highest BCUT2D eigenvalue weighted by Gasteiger charge is 2.42. The Balaban J connectivity index is 1.54. The molecule has 1 heterocycles. The smallest absolute Gasteiger partial charge is 0.223 e. The number of hydrogen-bond donors (Lipinski definition) is 1. The number of rotatable bonds is 3. The highest BCUT2D eigenvalue weighted by Crippen LogP contribution is 2.48. The number of pyridine rings is 1. The fourth-order valence-electron chi connectivity index (χ4n) is 3.38. The second-order valence-corrected chi connectivity index (χ2v) is 5.32. The van der Waals surface area contributed by atoms with Crippen molar-refractivity contribution in [3.63, 3.8) is 0 Å². The molecular weight excluding hydrogens is 212 g/mol. The lowest BCUT2D eigenvalue weighted by molar-refractivity contribution is -0.126. The first-order valence-corrected chi connectivity index (χ1v) is 6.50. The van der Waals surface area contributed by atoms with Crippen LogP contribution < -0.4 is 5.32 Å². The molecule has 2 saturated carbocycles. The Kier molecular flexibility index (Phi) is 2.83. The Hall–Kier alpha value is -1.38. The summed E-state index contributed by atoms with van der Waals surface area (Å²) in [5.41, 5.74) is 0.934. The van der Waals surface area contributed by atoms with Crippen molar-refractivity contribution >= 4 is 5.91 Å². The van der Waals surface area contributed by atoms with Gasteiger partial charge in [-0.15, -0.1) is 0 Å². The van der Waals surface area contributed by atoms with Gasteiger partial charge in [-0.2, -0.15) is 0 Å². The summed E-state index contributed by atoms with van der Waals surface area (Å²) in [6, 6.07) is 5.79. The first-order chi connectivity index (χ1) is 8.33. The summed E-state index contributed by atoms with van der Waals surface area (Å²) < 4.78 is 0. The highest BCUT2D eigenvalue weighted by molar-refractivity contribution is 5.79. The molecule has 1 N–H and O–H groups in total. The first kappa shape index (κ1) is 10.8. The SMILES string of the molecule is O=C(NCc1ccccn1)[C@@H]1C[C@H]2CC[C@@H]1C2. The average molecular weight is 230 g/mol. The van der Waals surface area contributed by atoms with Gasteiger partial charge in [0.15, 0.2) is 0 Å². The second kappa shape index (κ2) is 4.47. The minimum Gasteiger partial charge on any atom is -0.350 e. The van der Waals surface area contributed by atoms with Crippen molar-refractivity contribution in [2.45, 2.75) is 32.2 Å². The number of nitrogens with zero attached hydrogens (tertiary/aromatic N) is 1. The molecule has 3 rings (SSSR count). The molecule has 2 aliphatic rings. The molecule has 1 amide bonds. The van der Waals surface area contributed by atoms with Crippen LogP contribution in [0.4, 0.5) is 0 Å². The number of hydrogen-bond acceptors (Lipinski definition) is 2. The number of aromatic nitrogens is 1. The average Bonchev–Trinajstić information content (AvgIpc) is 2.99. The summed E-state index contributed by atoms with van der Waals surface area (Å²) in [5, 5.41) is 3.02. The molecule has 0 spiro atoms. The van der Waals surface area contributed by atoms with Crippen molar-refractivity contribution in [1.29, 1.82) is 0 Å². The van der Waals surface area contributed by atoms with Crippen LogP contribution in [-0.2, 0) is 11.3 Å². The molecule has 2 aliphatic carbocycles. The van der Waals surface area contributed by atoms with E-state index in [9.17, 15) is 4.79 Å². The molecule has 0 aromatic carbocycles. The Bertz CT molecular complexity index is 404. The topological polar surface area (TPSA) is 42.0 Å². The van der Waals surface area contributed by atoms with Gasteiger partial charge in [0.1, 0.15) is 0 Å². The van der Waals surface area contributed by atoms with E-state index in [-0.39, 0.29) is 11.8 Å². The first-order valence-electron chi connectivity index (χ1n) is 6.50. The van der Waals surface area contributed by atoms with Crippen LogP contribution >= 0.6 is 0 Å². The summed E-state index contributed by atoms with van der Waals surface area (Å²) in [5.74, 6) is 2.00. The Morgan fingerprint density at radius 3 is 2.94 bits per heavy atom. The van der Waals surface area contributed by atoms with Gasteiger partial charge in [-0.05, 0) is 43.2 Å². The maximum Gasteiger partial charge on any atom is 0.223 e. The third kappa shape index (κ3) is 2.19. The molecule has 3 atom stereocenters. The zero-order valence-electron chi connectivity index (χ0n) is 9.93. The monoisotopic (exact) mass is 230 g/mol. The zero-order chi connectivity index (χ0) is 11.7. The largest absolute Gasteiger partial charge is 0.350 e. The van der Waals surface area contributed by atoms with Crippen molar-refractivity contribution in [2.24, 2.45) is 17.8 Å². The van der Waals surface area contributed by atoms with Crippen molar-refractivity contribution in [2.75, 3.05) is 0 Å². The fourth-order valence-corrected chi connectivity index (χ4v) is 3.38. The van der Waals surface area contributed by atoms with Crippen LogP contribution in [0.1, 0.15) is 31.4 Å². The number of carbonyl (C=O) groups excluding carboxylic acids is 1. The molecule has 2 fully saturated rings. The van der Waals surface area contributed by atoms with Crippen molar-refractivity contribution in [1.82, 2.24) is 10.3 Å². The van der Waals surface area contributed by atoms with Crippen LogP contribution in [0.15, 0.2) is 24.4 Å². The molecule has 3 nitrogen and oxygen atoms in total. The standard InChI is InChI=1S/C14H18N2O/c17-14(13-8-10-4-5-11(13)7-10)16-9-12-3-1-2-6-15-12/h1-3,6,10-11,13H,4-5,7-9H2,(H,16,17)/t10-,11+,13+/m0/s1. The molecule has 2 bridgehead atoms. The van der Waals surface area contributed by atoms with Gasteiger partial charge in [0.2, 0.25) is 5.91 Å². The molecule has 0 saturated heterocycles. The van der Waals surface area contributed by atoms with Crippen LogP contribution in [0, 0.1) is 17.8 Å². The van der Waals surface area contributed by atoms with E-state index in [4.69, 9.17) is 0 Å². The van der Waals surface area contributed by atoms with Gasteiger partial charge in [-0.3, -0.25) is 9.78 Å². The Morgan fingerprint density at radius 2 is 2.29 bits per heavy atom. The van der Waals surface area contributed by atoms with E-state index < -0.39 is 0 Å². The summed E-state index contributed by atoms with van der Waals surface area (Å²) in [6.45, 7) is 0.563. The van der Waals surface area contributed by atoms with Crippen molar-refractivity contribution in [3.05, 3.63) is 30.1 Å². The number of nitrogens with one attached hydrogen (secondary N) is 1. The van der Waals surface area contributed by atoms with Crippen LogP contribution in [-0.4, -0.2) is 10.9 Å². The number of carbonyl (C=O) groups is 1. The van der Waals surface area contributed by atoms with Gasteiger partial charge >= 0.3 is 0 Å². The molecule has 17 heavy (non-hydrogen) atoms. The van der Waals surface area contributed by atoms with E-state index in [2.05, 4.69) is 10.3 Å². The van der Waals surface area contributed by atoms with Crippen LogP contribution in [0.3, 0.4) is 0 Å². The van der Waals surface area contributed by atoms with Gasteiger partial charge < -0.3 is 5.32 Å². The van der Waals surface area contributed by atoms with E-state index in [1.807, 2.05) is 18.2 Å². The highest BCUT2D eigenvalue weighted by atomic mass is 16.1. The van der Waals surface area contributed by atoms with E-state index in [0.717, 1.165) is 18.0 Å². The predicted molar refractivity (Wildman–Crippen MR) is 65.0 cm³/mol. The predicted octanol–water partition coefficient (Wildman–Crippen LogP) is 2.13. The van der Waals surface area contributed by atoms with E-state index in [1.54, 1.807) is 6.20 Å². The van der Waals surface area contributed by atoms with E-state index in [0.29, 0.717) is 12.5 Å². The molecule has 0 radical (unpaired) electrons. The van der Waals surface area contributed by atoms with Gasteiger partial charge in [0, 0.05) is 12.1 Å². The second-order valence-electron chi connectivity index (χ2n) is 5.32. The van der Waals surface area contributed by atoms with E-state index in [1.165, 1.54) is 19.3 Å². The summed E-state index contributed by atoms with van der Waals surface area (Å²) in [7, 11) is 0. The van der Waals surface area contributed by atoms with Crippen molar-refractivity contribution < 1.29 is 4.79 Å². The quantitative estimate of drug-likeness (QED) is 0.864. The van der Waals surface area contributed by atoms with Gasteiger partial charge in [-0.1, -0.05) is 12.5 Å². The van der Waals surface area contributed by atoms with E-state index >= 15 is 0 Å². The molecule has 0 aliphatic heterocycles. The van der Waals surface area contributed by atoms with Gasteiger partial charge in [-0.25, -0.2) is 0 Å². The van der Waals surface area contributed by atoms with Crippen LogP contribution in [0.5, 0.6) is 0 Å². The third-order valence-electron chi connectivity index (χ3n) is 4.24.